The molecule has 0 saturated carbocycles. The highest BCUT2D eigenvalue weighted by atomic mass is 35.5. The molecule has 3 rings (SSSR count). The zero-order valence-electron chi connectivity index (χ0n) is 14.9. The van der Waals surface area contributed by atoms with E-state index in [1.165, 1.54) is 6.92 Å². The molecule has 6 heteroatoms. The molecule has 0 aliphatic heterocycles. The average Bonchev–Trinajstić information content (AvgIpc) is 3.11. The van der Waals surface area contributed by atoms with Crippen molar-refractivity contribution in [3.05, 3.63) is 82.3 Å². The van der Waals surface area contributed by atoms with Crippen molar-refractivity contribution in [3.63, 3.8) is 0 Å². The molecule has 0 fully saturated rings. The van der Waals surface area contributed by atoms with Crippen LogP contribution in [0.2, 0.25) is 5.02 Å². The summed E-state index contributed by atoms with van der Waals surface area (Å²) in [6.07, 6.45) is 0. The van der Waals surface area contributed by atoms with Crippen LogP contribution in [0, 0.1) is 6.92 Å². The van der Waals surface area contributed by atoms with E-state index < -0.39 is 0 Å². The highest BCUT2D eigenvalue weighted by Gasteiger charge is 2.13. The topological polar surface area (TPSA) is 68.5 Å². The Morgan fingerprint density at radius 3 is 2.48 bits per heavy atom. The first-order chi connectivity index (χ1) is 12.9. The number of nitrogens with one attached hydrogen (secondary N) is 1. The van der Waals surface area contributed by atoms with Gasteiger partial charge in [-0.3, -0.25) is 9.59 Å². The molecule has 1 N–H and O–H groups in total. The van der Waals surface area contributed by atoms with Crippen molar-refractivity contribution in [1.82, 2.24) is 0 Å². The summed E-state index contributed by atoms with van der Waals surface area (Å²) in [5.74, 6) is 0.849. The van der Waals surface area contributed by atoms with Gasteiger partial charge >= 0.3 is 0 Å². The number of carbonyl (C=O) groups is 2. The van der Waals surface area contributed by atoms with Gasteiger partial charge in [-0.05, 0) is 61.9 Å². The highest BCUT2D eigenvalue weighted by molar-refractivity contribution is 6.32. The molecular formula is C21H18ClNO4. The summed E-state index contributed by atoms with van der Waals surface area (Å²) in [6.45, 7) is 3.55. The van der Waals surface area contributed by atoms with E-state index >= 15 is 0 Å². The first kappa shape index (κ1) is 18.7. The van der Waals surface area contributed by atoms with Gasteiger partial charge in [-0.25, -0.2) is 0 Å². The number of ketones is 1. The van der Waals surface area contributed by atoms with Gasteiger partial charge in [0, 0.05) is 11.3 Å². The lowest BCUT2D eigenvalue weighted by atomic mass is 10.1. The third kappa shape index (κ3) is 4.57. The van der Waals surface area contributed by atoms with Gasteiger partial charge in [0.05, 0.1) is 5.02 Å². The third-order valence-electron chi connectivity index (χ3n) is 3.96. The maximum atomic E-state index is 12.3. The zero-order valence-corrected chi connectivity index (χ0v) is 15.7. The van der Waals surface area contributed by atoms with Gasteiger partial charge in [-0.1, -0.05) is 23.7 Å². The van der Waals surface area contributed by atoms with Crippen molar-refractivity contribution in [2.45, 2.75) is 20.5 Å². The maximum absolute atomic E-state index is 12.3. The number of para-hydroxylation sites is 1. The molecule has 1 amide bonds. The fourth-order valence-electron chi connectivity index (χ4n) is 2.50. The van der Waals surface area contributed by atoms with Gasteiger partial charge in [-0.15, -0.1) is 0 Å². The Hall–Kier alpha value is -3.05. The van der Waals surface area contributed by atoms with Crippen LogP contribution in [0.15, 0.2) is 59.0 Å². The van der Waals surface area contributed by atoms with Gasteiger partial charge in [0.2, 0.25) is 0 Å². The molecule has 0 unspecified atom stereocenters. The number of benzene rings is 2. The van der Waals surface area contributed by atoms with Crippen LogP contribution >= 0.6 is 11.6 Å². The minimum atomic E-state index is -0.384. The molecule has 5 nitrogen and oxygen atoms in total. The van der Waals surface area contributed by atoms with Crippen molar-refractivity contribution in [2.24, 2.45) is 0 Å². The van der Waals surface area contributed by atoms with Crippen LogP contribution in [0.4, 0.5) is 5.69 Å². The first-order valence-corrected chi connectivity index (χ1v) is 8.71. The number of furan rings is 1. The van der Waals surface area contributed by atoms with Crippen LogP contribution in [0.3, 0.4) is 0 Å². The number of Topliss-reactive ketones (excluding diaryl/α,β-unsaturated/α-hetero) is 1. The lowest BCUT2D eigenvalue weighted by Crippen LogP contribution is -2.11. The predicted octanol–water partition coefficient (Wildman–Crippen LogP) is 5.28. The second-order valence-electron chi connectivity index (χ2n) is 6.03. The fraction of sp³-hybridized carbons (Fsp3) is 0.143. The summed E-state index contributed by atoms with van der Waals surface area (Å²) in [5.41, 5.74) is 2.08. The second kappa shape index (κ2) is 8.10. The van der Waals surface area contributed by atoms with Crippen molar-refractivity contribution < 1.29 is 18.7 Å². The highest BCUT2D eigenvalue weighted by Crippen LogP contribution is 2.28. The SMILES string of the molecule is CC(=O)c1ccc(NC(=O)c2ccc(COc3c(C)cccc3Cl)o2)cc1. The van der Waals surface area contributed by atoms with Crippen molar-refractivity contribution in [3.8, 4) is 5.75 Å². The summed E-state index contributed by atoms with van der Waals surface area (Å²) in [7, 11) is 0. The standard InChI is InChI=1S/C21H18ClNO4/c1-13-4-3-5-18(22)20(13)26-12-17-10-11-19(27-17)21(25)23-16-8-6-15(7-9-16)14(2)24/h3-11H,12H2,1-2H3,(H,23,25). The third-order valence-corrected chi connectivity index (χ3v) is 4.25. The molecule has 0 spiro atoms. The van der Waals surface area contributed by atoms with Crippen LogP contribution < -0.4 is 10.1 Å². The second-order valence-corrected chi connectivity index (χ2v) is 6.44. The molecule has 3 aromatic rings. The fourth-order valence-corrected chi connectivity index (χ4v) is 2.78. The molecule has 1 heterocycles. The van der Waals surface area contributed by atoms with Gasteiger partial charge < -0.3 is 14.5 Å². The van der Waals surface area contributed by atoms with Gasteiger partial charge in [0.15, 0.2) is 11.5 Å². The Bertz CT molecular complexity index is 956. The molecule has 0 radical (unpaired) electrons. The van der Waals surface area contributed by atoms with Crippen LogP contribution in [0.5, 0.6) is 5.75 Å². The van der Waals surface area contributed by atoms with Crippen molar-refractivity contribution >= 4 is 29.0 Å². The van der Waals surface area contributed by atoms with Crippen LogP contribution in [0.1, 0.15) is 39.2 Å². The summed E-state index contributed by atoms with van der Waals surface area (Å²) in [5, 5.41) is 3.25. The largest absolute Gasteiger partial charge is 0.484 e. The quantitative estimate of drug-likeness (QED) is 0.588. The molecule has 2 aromatic carbocycles. The lowest BCUT2D eigenvalue weighted by Gasteiger charge is -2.09. The number of rotatable bonds is 6. The van der Waals surface area contributed by atoms with E-state index in [2.05, 4.69) is 5.32 Å². The minimum Gasteiger partial charge on any atom is -0.484 e. The minimum absolute atomic E-state index is 0.0303. The van der Waals surface area contributed by atoms with Crippen LogP contribution in [-0.2, 0) is 6.61 Å². The molecular weight excluding hydrogens is 366 g/mol. The number of hydrogen-bond donors (Lipinski definition) is 1. The number of hydrogen-bond acceptors (Lipinski definition) is 4. The normalized spacial score (nSPS) is 10.5. The lowest BCUT2D eigenvalue weighted by molar-refractivity contribution is 0.0990. The van der Waals surface area contributed by atoms with Gasteiger partial charge in [0.25, 0.3) is 5.91 Å². The van der Waals surface area contributed by atoms with E-state index in [0.717, 1.165) is 5.56 Å². The van der Waals surface area contributed by atoms with Crippen LogP contribution in [-0.4, -0.2) is 11.7 Å². The monoisotopic (exact) mass is 383 g/mol. The molecule has 0 atom stereocenters. The maximum Gasteiger partial charge on any atom is 0.291 e. The summed E-state index contributed by atoms with van der Waals surface area (Å²) < 4.78 is 11.3. The number of aryl methyl sites for hydroxylation is 1. The number of ether oxygens (including phenoxy) is 1. The Kier molecular flexibility index (Phi) is 5.62. The molecule has 27 heavy (non-hydrogen) atoms. The number of anilines is 1. The molecule has 138 valence electrons. The number of carbonyl (C=O) groups excluding carboxylic acids is 2. The van der Waals surface area contributed by atoms with Crippen LogP contribution in [0.25, 0.3) is 0 Å². The molecule has 0 aliphatic rings. The Balaban J connectivity index is 1.63. The molecule has 0 bridgehead atoms. The Labute approximate surface area is 161 Å². The zero-order chi connectivity index (χ0) is 19.4. The van der Waals surface area contributed by atoms with Crippen molar-refractivity contribution in [2.75, 3.05) is 5.32 Å². The smallest absolute Gasteiger partial charge is 0.291 e. The first-order valence-electron chi connectivity index (χ1n) is 8.33. The van der Waals surface area contributed by atoms with E-state index in [-0.39, 0.29) is 24.1 Å². The van der Waals surface area contributed by atoms with E-state index in [0.29, 0.717) is 27.8 Å². The summed E-state index contributed by atoms with van der Waals surface area (Å²) in [6, 6.07) is 15.4. The Morgan fingerprint density at radius 2 is 1.81 bits per heavy atom. The van der Waals surface area contributed by atoms with Gasteiger partial charge in [0.1, 0.15) is 18.1 Å². The van der Waals surface area contributed by atoms with Crippen molar-refractivity contribution in [1.29, 1.82) is 0 Å². The van der Waals surface area contributed by atoms with Gasteiger partial charge in [-0.2, -0.15) is 0 Å². The number of amides is 1. The average molecular weight is 384 g/mol. The molecule has 0 saturated heterocycles. The summed E-state index contributed by atoms with van der Waals surface area (Å²) in [4.78, 5) is 23.6. The molecule has 0 aliphatic carbocycles. The van der Waals surface area contributed by atoms with E-state index in [1.807, 2.05) is 19.1 Å². The number of halogens is 1. The Morgan fingerprint density at radius 1 is 1.07 bits per heavy atom. The van der Waals surface area contributed by atoms with E-state index in [4.69, 9.17) is 20.8 Å². The van der Waals surface area contributed by atoms with E-state index in [1.54, 1.807) is 42.5 Å². The predicted molar refractivity (Wildman–Crippen MR) is 104 cm³/mol. The molecule has 1 aromatic heterocycles. The van der Waals surface area contributed by atoms with E-state index in [9.17, 15) is 9.59 Å². The summed E-state index contributed by atoms with van der Waals surface area (Å²) >= 11 is 6.13.